The number of aromatic nitrogens is 3. The molecule has 8 heteroatoms. The molecule has 1 saturated heterocycles. The van der Waals surface area contributed by atoms with E-state index in [1.165, 1.54) is 30.7 Å². The van der Waals surface area contributed by atoms with E-state index in [0.717, 1.165) is 35.5 Å². The summed E-state index contributed by atoms with van der Waals surface area (Å²) in [5.41, 5.74) is 3.03. The van der Waals surface area contributed by atoms with E-state index < -0.39 is 0 Å². The summed E-state index contributed by atoms with van der Waals surface area (Å²) in [6.07, 6.45) is 4.04. The molecule has 0 bridgehead atoms. The van der Waals surface area contributed by atoms with Crippen molar-refractivity contribution in [3.8, 4) is 5.75 Å². The third kappa shape index (κ3) is 3.20. The largest absolute Gasteiger partial charge is 0.491 e. The number of morpholine rings is 1. The normalized spacial score (nSPS) is 24.4. The molecule has 2 N–H and O–H groups in total. The maximum Gasteiger partial charge on any atom is 0.143 e. The Bertz CT molecular complexity index is 1080. The molecule has 4 heterocycles. The first kappa shape index (κ1) is 18.1. The number of aromatic amines is 1. The van der Waals surface area contributed by atoms with Gasteiger partial charge in [0.25, 0.3) is 0 Å². The molecule has 2 aromatic heterocycles. The van der Waals surface area contributed by atoms with Gasteiger partial charge in [-0.3, -0.25) is 4.90 Å². The number of nitrogens with zero attached hydrogens (tertiary/aromatic N) is 3. The molecule has 6 rings (SSSR count). The Balaban J connectivity index is 1.39. The lowest BCUT2D eigenvalue weighted by molar-refractivity contribution is -0.00347. The van der Waals surface area contributed by atoms with Crippen molar-refractivity contribution in [1.29, 1.82) is 0 Å². The molecule has 0 radical (unpaired) electrons. The summed E-state index contributed by atoms with van der Waals surface area (Å²) in [6.45, 7) is 3.60. The molecule has 1 aliphatic carbocycles. The van der Waals surface area contributed by atoms with Gasteiger partial charge in [0.05, 0.1) is 30.7 Å². The van der Waals surface area contributed by atoms with E-state index in [1.54, 1.807) is 6.33 Å². The van der Waals surface area contributed by atoms with Crippen LogP contribution >= 0.6 is 0 Å². The smallest absolute Gasteiger partial charge is 0.143 e. The number of ether oxygens (including phenoxy) is 2. The van der Waals surface area contributed by atoms with E-state index in [-0.39, 0.29) is 17.9 Å². The maximum atomic E-state index is 13.8. The topological polar surface area (TPSA) is 75.3 Å². The Kier molecular flexibility index (Phi) is 4.35. The molecule has 1 saturated carbocycles. The summed E-state index contributed by atoms with van der Waals surface area (Å²) in [4.78, 5) is 14.8. The van der Waals surface area contributed by atoms with Crippen molar-refractivity contribution >= 4 is 16.9 Å². The highest BCUT2D eigenvalue weighted by atomic mass is 19.1. The van der Waals surface area contributed by atoms with Crippen LogP contribution in [0, 0.1) is 5.82 Å². The van der Waals surface area contributed by atoms with Gasteiger partial charge in [0.2, 0.25) is 0 Å². The lowest BCUT2D eigenvalue weighted by Gasteiger charge is -2.42. The van der Waals surface area contributed by atoms with Crippen LogP contribution in [-0.2, 0) is 4.74 Å². The Morgan fingerprint density at radius 1 is 1.13 bits per heavy atom. The van der Waals surface area contributed by atoms with Crippen molar-refractivity contribution in [2.24, 2.45) is 0 Å². The van der Waals surface area contributed by atoms with E-state index in [1.807, 2.05) is 6.07 Å². The van der Waals surface area contributed by atoms with Gasteiger partial charge in [-0.15, -0.1) is 0 Å². The van der Waals surface area contributed by atoms with E-state index in [9.17, 15) is 4.39 Å². The number of hydrogen-bond acceptors (Lipinski definition) is 6. The second kappa shape index (κ2) is 7.21. The molecule has 0 spiro atoms. The predicted molar refractivity (Wildman–Crippen MR) is 110 cm³/mol. The van der Waals surface area contributed by atoms with E-state index in [2.05, 4.69) is 31.2 Å². The molecule has 0 amide bonds. The fourth-order valence-corrected chi connectivity index (χ4v) is 4.60. The molecular formula is C22H24FN5O2. The molecule has 2 unspecified atom stereocenters. The van der Waals surface area contributed by atoms with Crippen molar-refractivity contribution in [3.05, 3.63) is 47.7 Å². The van der Waals surface area contributed by atoms with Gasteiger partial charge in [-0.25, -0.2) is 14.4 Å². The van der Waals surface area contributed by atoms with Gasteiger partial charge in [-0.1, -0.05) is 6.07 Å². The first-order valence-electron chi connectivity index (χ1n) is 10.6. The Morgan fingerprint density at radius 2 is 2.00 bits per heavy atom. The van der Waals surface area contributed by atoms with Crippen LogP contribution in [0.25, 0.3) is 11.0 Å². The van der Waals surface area contributed by atoms with Crippen molar-refractivity contribution in [2.45, 2.75) is 30.8 Å². The van der Waals surface area contributed by atoms with Crippen LogP contribution in [-0.4, -0.2) is 58.8 Å². The summed E-state index contributed by atoms with van der Waals surface area (Å²) in [7, 11) is 0. The summed E-state index contributed by atoms with van der Waals surface area (Å²) >= 11 is 0. The van der Waals surface area contributed by atoms with Crippen LogP contribution in [0.2, 0.25) is 0 Å². The molecular weight excluding hydrogens is 385 g/mol. The Hall–Kier alpha value is -2.71. The zero-order valence-corrected chi connectivity index (χ0v) is 16.6. The highest BCUT2D eigenvalue weighted by Crippen LogP contribution is 2.42. The van der Waals surface area contributed by atoms with Crippen LogP contribution < -0.4 is 10.1 Å². The quantitative estimate of drug-likeness (QED) is 0.689. The lowest BCUT2D eigenvalue weighted by Crippen LogP contribution is -2.52. The van der Waals surface area contributed by atoms with Gasteiger partial charge in [0.1, 0.15) is 36.0 Å². The molecule has 2 atom stereocenters. The van der Waals surface area contributed by atoms with Crippen LogP contribution in [0.4, 0.5) is 10.2 Å². The number of benzene rings is 1. The second-order valence-electron chi connectivity index (χ2n) is 8.31. The summed E-state index contributed by atoms with van der Waals surface area (Å²) < 4.78 is 25.3. The minimum absolute atomic E-state index is 0.0789. The minimum Gasteiger partial charge on any atom is -0.491 e. The van der Waals surface area contributed by atoms with Crippen LogP contribution in [0.15, 0.2) is 30.6 Å². The summed E-state index contributed by atoms with van der Waals surface area (Å²) in [5, 5.41) is 4.66. The highest BCUT2D eigenvalue weighted by molar-refractivity contribution is 5.88. The first-order valence-corrected chi connectivity index (χ1v) is 10.6. The van der Waals surface area contributed by atoms with Gasteiger partial charge in [0.15, 0.2) is 0 Å². The van der Waals surface area contributed by atoms with Crippen LogP contribution in [0.3, 0.4) is 0 Å². The van der Waals surface area contributed by atoms with E-state index in [0.29, 0.717) is 31.5 Å². The molecule has 156 valence electrons. The summed E-state index contributed by atoms with van der Waals surface area (Å²) in [6, 6.07) is 6.97. The monoisotopic (exact) mass is 409 g/mol. The van der Waals surface area contributed by atoms with Crippen molar-refractivity contribution in [3.63, 3.8) is 0 Å². The molecule has 7 nitrogen and oxygen atoms in total. The zero-order chi connectivity index (χ0) is 20.1. The number of hydrogen-bond donors (Lipinski definition) is 2. The first-order chi connectivity index (χ1) is 14.8. The van der Waals surface area contributed by atoms with Gasteiger partial charge in [-0.2, -0.15) is 0 Å². The van der Waals surface area contributed by atoms with E-state index >= 15 is 0 Å². The number of rotatable bonds is 4. The molecule has 3 aliphatic rings. The molecule has 30 heavy (non-hydrogen) atoms. The molecule has 1 aromatic carbocycles. The Morgan fingerprint density at radius 3 is 2.83 bits per heavy atom. The van der Waals surface area contributed by atoms with Gasteiger partial charge >= 0.3 is 0 Å². The standard InChI is InChI=1S/C22H24FN5O2/c23-14-3-4-15-19(9-14)30-11-18(28-5-7-29-8-6-28)20(15)27-22-16-10-17(13-1-2-13)26-21(16)24-12-25-22/h3-4,9-10,12-13,18,20H,1-2,5-8,11H2,(H2,24,25,26,27). The van der Waals surface area contributed by atoms with Gasteiger partial charge < -0.3 is 19.8 Å². The van der Waals surface area contributed by atoms with Gasteiger partial charge in [-0.05, 0) is 30.9 Å². The van der Waals surface area contributed by atoms with Crippen LogP contribution in [0.5, 0.6) is 5.75 Å². The predicted octanol–water partition coefficient (Wildman–Crippen LogP) is 3.22. The lowest BCUT2D eigenvalue weighted by atomic mass is 9.94. The van der Waals surface area contributed by atoms with Crippen molar-refractivity contribution < 1.29 is 13.9 Å². The van der Waals surface area contributed by atoms with Crippen LogP contribution in [0.1, 0.15) is 36.1 Å². The third-order valence-corrected chi connectivity index (χ3v) is 6.38. The fraction of sp³-hybridized carbons (Fsp3) is 0.455. The van der Waals surface area contributed by atoms with E-state index in [4.69, 9.17) is 9.47 Å². The maximum absolute atomic E-state index is 13.8. The van der Waals surface area contributed by atoms with Gasteiger partial charge in [0, 0.05) is 30.4 Å². The van der Waals surface area contributed by atoms with Crippen molar-refractivity contribution in [1.82, 2.24) is 19.9 Å². The third-order valence-electron chi connectivity index (χ3n) is 6.38. The number of anilines is 1. The fourth-order valence-electron chi connectivity index (χ4n) is 4.60. The second-order valence-corrected chi connectivity index (χ2v) is 8.31. The summed E-state index contributed by atoms with van der Waals surface area (Å²) in [5.74, 6) is 1.71. The Labute approximate surface area is 173 Å². The molecule has 2 aliphatic heterocycles. The molecule has 3 aromatic rings. The highest BCUT2D eigenvalue weighted by Gasteiger charge is 2.36. The number of halogens is 1. The molecule has 2 fully saturated rings. The van der Waals surface area contributed by atoms with Crippen molar-refractivity contribution in [2.75, 3.05) is 38.2 Å². The minimum atomic E-state index is -0.290. The number of fused-ring (bicyclic) bond motifs is 2. The number of H-pyrrole nitrogens is 1. The average Bonchev–Trinajstić information content (AvgIpc) is 3.53. The SMILES string of the molecule is Fc1ccc2c(c1)OCC(N1CCOCC1)C2Nc1ncnc2[nH]c(C3CC3)cc12. The number of nitrogens with one attached hydrogen (secondary N) is 2. The zero-order valence-electron chi connectivity index (χ0n) is 16.6. The average molecular weight is 409 g/mol.